The maximum absolute atomic E-state index is 15.0. The second kappa shape index (κ2) is 11.6. The fourth-order valence-corrected chi connectivity index (χ4v) is 3.77. The zero-order valence-corrected chi connectivity index (χ0v) is 21.2. The van der Waals surface area contributed by atoms with Gasteiger partial charge in [-0.1, -0.05) is 59.4 Å². The highest BCUT2D eigenvalue weighted by Crippen LogP contribution is 2.40. The van der Waals surface area contributed by atoms with Crippen molar-refractivity contribution in [1.29, 1.82) is 0 Å². The van der Waals surface area contributed by atoms with Crippen LogP contribution in [0.5, 0.6) is 0 Å². The van der Waals surface area contributed by atoms with E-state index >= 15 is 4.39 Å². The average molecular weight is 469 g/mol. The van der Waals surface area contributed by atoms with Crippen LogP contribution < -0.4 is 10.7 Å². The molecule has 3 aromatic rings. The van der Waals surface area contributed by atoms with Gasteiger partial charge in [-0.2, -0.15) is 0 Å². The number of furan rings is 1. The molecule has 0 fully saturated rings. The summed E-state index contributed by atoms with van der Waals surface area (Å²) >= 11 is 0. The summed E-state index contributed by atoms with van der Waals surface area (Å²) < 4.78 is 22.7. The van der Waals surface area contributed by atoms with Gasteiger partial charge < -0.3 is 14.3 Å². The minimum Gasteiger partial charge on any atom is -0.453 e. The van der Waals surface area contributed by atoms with E-state index in [2.05, 4.69) is 32.7 Å². The molecule has 0 radical (unpaired) electrons. The number of ketones is 1. The highest BCUT2D eigenvalue weighted by atomic mass is 19.1. The number of allylic oxidation sites excluding steroid dienone is 2. The molecule has 1 N–H and O–H groups in total. The van der Waals surface area contributed by atoms with E-state index in [0.29, 0.717) is 24.3 Å². The predicted octanol–water partition coefficient (Wildman–Crippen LogP) is 6.84. The lowest BCUT2D eigenvalue weighted by Gasteiger charge is -2.19. The standard InChI is InChI=1S/C22H19FN2O3.C4H10.C2H6.H2/c1-4-17(26)16-11-25-9-8-15-14-7-5-6-13(12(2)10-24-3)21(14)28-22(15)19(25)18(23)20(16)27;1-4(2)3;1-2;/h4-7,10-11,24H,1,8-9H2,2-3H3;4H,1-3H3;1-2H3;1H/b12-10+;;;. The number of nitrogens with one attached hydrogen (secondary N) is 1. The van der Waals surface area contributed by atoms with Gasteiger partial charge in [0.1, 0.15) is 11.3 Å². The number of benzene rings is 1. The third-order valence-corrected chi connectivity index (χ3v) is 5.10. The van der Waals surface area contributed by atoms with Crippen molar-refractivity contribution in [2.24, 2.45) is 5.92 Å². The van der Waals surface area contributed by atoms with Crippen LogP contribution in [0.1, 0.15) is 64.5 Å². The number of hydrogen-bond donors (Lipinski definition) is 1. The molecule has 2 aromatic heterocycles. The minimum atomic E-state index is -0.975. The number of rotatable bonds is 4. The van der Waals surface area contributed by atoms with E-state index in [0.717, 1.165) is 34.1 Å². The first kappa shape index (κ1) is 26.8. The number of pyridine rings is 1. The van der Waals surface area contributed by atoms with Crippen molar-refractivity contribution in [3.63, 3.8) is 0 Å². The topological polar surface area (TPSA) is 64.2 Å². The summed E-state index contributed by atoms with van der Waals surface area (Å²) in [5.41, 5.74) is 2.33. The number of para-hydroxylation sites is 1. The Kier molecular flexibility index (Phi) is 9.19. The zero-order valence-electron chi connectivity index (χ0n) is 21.2. The first-order chi connectivity index (χ1) is 16.2. The molecule has 1 aliphatic heterocycles. The van der Waals surface area contributed by atoms with Crippen LogP contribution in [0.2, 0.25) is 0 Å². The van der Waals surface area contributed by atoms with Gasteiger partial charge >= 0.3 is 0 Å². The summed E-state index contributed by atoms with van der Waals surface area (Å²) in [6, 6.07) is 5.81. The third-order valence-electron chi connectivity index (χ3n) is 5.10. The Labute approximate surface area is 202 Å². The Balaban J connectivity index is 0.000000797. The molecule has 0 bridgehead atoms. The Morgan fingerprint density at radius 2 is 1.91 bits per heavy atom. The van der Waals surface area contributed by atoms with Crippen molar-refractivity contribution in [2.45, 2.75) is 54.5 Å². The van der Waals surface area contributed by atoms with Crippen LogP contribution in [0.15, 0.2) is 52.5 Å². The van der Waals surface area contributed by atoms with Gasteiger partial charge in [0.25, 0.3) is 0 Å². The zero-order chi connectivity index (χ0) is 25.6. The smallest absolute Gasteiger partial charge is 0.229 e. The van der Waals surface area contributed by atoms with Crippen LogP contribution in [0.25, 0.3) is 28.0 Å². The minimum absolute atomic E-state index is 0. The van der Waals surface area contributed by atoms with Crippen molar-refractivity contribution < 1.29 is 15.0 Å². The van der Waals surface area contributed by atoms with E-state index in [1.54, 1.807) is 4.57 Å². The first-order valence-electron chi connectivity index (χ1n) is 11.7. The van der Waals surface area contributed by atoms with Gasteiger partial charge in [0.05, 0.1) is 5.56 Å². The number of nitrogens with zero attached hydrogens (tertiary/aromatic N) is 1. The summed E-state index contributed by atoms with van der Waals surface area (Å²) in [6.45, 7) is 16.3. The molecule has 1 aliphatic rings. The Morgan fingerprint density at radius 1 is 1.26 bits per heavy atom. The molecule has 0 aliphatic carbocycles. The van der Waals surface area contributed by atoms with Crippen LogP contribution in [0.4, 0.5) is 4.39 Å². The van der Waals surface area contributed by atoms with E-state index in [4.69, 9.17) is 4.42 Å². The predicted molar refractivity (Wildman–Crippen MR) is 141 cm³/mol. The molecule has 0 saturated heterocycles. The Morgan fingerprint density at radius 3 is 2.50 bits per heavy atom. The van der Waals surface area contributed by atoms with E-state index in [1.165, 1.54) is 6.20 Å². The van der Waals surface area contributed by atoms with Crippen LogP contribution in [0.3, 0.4) is 0 Å². The lowest BCUT2D eigenvalue weighted by molar-refractivity contribution is 0.104. The number of carbonyl (C=O) groups is 1. The van der Waals surface area contributed by atoms with Gasteiger partial charge in [-0.25, -0.2) is 4.39 Å². The van der Waals surface area contributed by atoms with Crippen LogP contribution >= 0.6 is 0 Å². The summed E-state index contributed by atoms with van der Waals surface area (Å²) in [5, 5.41) is 3.90. The summed E-state index contributed by atoms with van der Waals surface area (Å²) in [7, 11) is 1.82. The van der Waals surface area contributed by atoms with Gasteiger partial charge in [0.15, 0.2) is 17.4 Å². The average Bonchev–Trinajstić information content (AvgIpc) is 3.20. The van der Waals surface area contributed by atoms with Gasteiger partial charge in [0.2, 0.25) is 5.43 Å². The van der Waals surface area contributed by atoms with Gasteiger partial charge in [-0.3, -0.25) is 9.59 Å². The molecule has 0 amide bonds. The Bertz CT molecular complexity index is 1280. The second-order valence-corrected chi connectivity index (χ2v) is 8.49. The van der Waals surface area contributed by atoms with Crippen LogP contribution in [0, 0.1) is 11.7 Å². The molecular formula is C28H37FN2O3. The highest BCUT2D eigenvalue weighted by Gasteiger charge is 2.29. The molecule has 0 atom stereocenters. The fraction of sp³-hybridized carbons (Fsp3) is 0.357. The monoisotopic (exact) mass is 468 g/mol. The summed E-state index contributed by atoms with van der Waals surface area (Å²) in [6.07, 6.45) is 4.88. The van der Waals surface area contributed by atoms with Gasteiger partial charge in [-0.15, -0.1) is 0 Å². The SMILES string of the molecule is C=CC(=O)c1cn2c(c(F)c1=O)-c1oc3c(/C(C)=C/NC)cccc3c1CC2.CC.CC(C)C.[HH]. The number of aromatic nitrogens is 1. The van der Waals surface area contributed by atoms with E-state index in [1.807, 2.05) is 52.2 Å². The fourth-order valence-electron chi connectivity index (χ4n) is 3.77. The molecule has 1 aromatic carbocycles. The normalized spacial score (nSPS) is 12.1. The lowest BCUT2D eigenvalue weighted by atomic mass is 9.98. The van der Waals surface area contributed by atoms with Crippen molar-refractivity contribution in [3.05, 3.63) is 76.0 Å². The summed E-state index contributed by atoms with van der Waals surface area (Å²) in [5.74, 6) is -0.389. The molecule has 34 heavy (non-hydrogen) atoms. The Hall–Kier alpha value is -3.41. The molecule has 5 nitrogen and oxygen atoms in total. The number of aryl methyl sites for hydroxylation is 2. The lowest BCUT2D eigenvalue weighted by Crippen LogP contribution is -2.25. The molecule has 0 spiro atoms. The number of hydrogen-bond acceptors (Lipinski definition) is 4. The molecular weight excluding hydrogens is 431 g/mol. The highest BCUT2D eigenvalue weighted by molar-refractivity contribution is 6.04. The molecule has 0 saturated carbocycles. The maximum Gasteiger partial charge on any atom is 0.229 e. The maximum atomic E-state index is 15.0. The second-order valence-electron chi connectivity index (χ2n) is 8.49. The van der Waals surface area contributed by atoms with Gasteiger partial charge in [0, 0.05) is 37.7 Å². The third kappa shape index (κ3) is 5.22. The molecule has 4 rings (SSSR count). The first-order valence-corrected chi connectivity index (χ1v) is 11.7. The van der Waals surface area contributed by atoms with E-state index in [-0.39, 0.29) is 12.7 Å². The number of fused-ring (bicyclic) bond motifs is 5. The molecule has 3 heterocycles. The van der Waals surface area contributed by atoms with Gasteiger partial charge in [-0.05, 0) is 37.1 Å². The largest absolute Gasteiger partial charge is 0.453 e. The van der Waals surface area contributed by atoms with Crippen molar-refractivity contribution in [1.82, 2.24) is 9.88 Å². The van der Waals surface area contributed by atoms with E-state index < -0.39 is 17.0 Å². The molecule has 6 heteroatoms. The van der Waals surface area contributed by atoms with Crippen molar-refractivity contribution in [2.75, 3.05) is 7.05 Å². The van der Waals surface area contributed by atoms with E-state index in [9.17, 15) is 9.59 Å². The molecule has 0 unspecified atom stereocenters. The van der Waals surface area contributed by atoms with Crippen LogP contribution in [-0.4, -0.2) is 17.4 Å². The summed E-state index contributed by atoms with van der Waals surface area (Å²) in [4.78, 5) is 24.3. The molecule has 184 valence electrons. The van der Waals surface area contributed by atoms with Crippen molar-refractivity contribution >= 4 is 22.3 Å². The number of carbonyl (C=O) groups excluding carboxylic acids is 1. The quantitative estimate of drug-likeness (QED) is 0.336. The number of halogens is 1. The van der Waals surface area contributed by atoms with Crippen LogP contribution in [-0.2, 0) is 13.0 Å². The van der Waals surface area contributed by atoms with Crippen molar-refractivity contribution in [3.8, 4) is 11.5 Å².